The van der Waals surface area contributed by atoms with Crippen LogP contribution in [0.15, 0.2) is 72.8 Å². The molecule has 0 unspecified atom stereocenters. The fourth-order valence-corrected chi connectivity index (χ4v) is 5.73. The molecule has 3 atom stereocenters. The molecule has 5 rings (SSSR count). The van der Waals surface area contributed by atoms with Crippen LogP contribution in [0.2, 0.25) is 0 Å². The van der Waals surface area contributed by atoms with Crippen molar-refractivity contribution in [1.82, 2.24) is 9.80 Å². The van der Waals surface area contributed by atoms with Gasteiger partial charge in [0, 0.05) is 31.1 Å². The Balaban J connectivity index is 1.35. The number of aliphatic hydroxyl groups excluding tert-OH is 1. The highest BCUT2D eigenvalue weighted by Crippen LogP contribution is 2.42. The molecule has 190 valence electrons. The molecule has 2 amide bonds. The van der Waals surface area contributed by atoms with Gasteiger partial charge in [-0.15, -0.1) is 0 Å². The Bertz CT molecular complexity index is 1290. The first-order chi connectivity index (χ1) is 18.1. The van der Waals surface area contributed by atoms with Crippen LogP contribution >= 0.6 is 0 Å². The van der Waals surface area contributed by atoms with E-state index in [1.807, 2.05) is 47.4 Å². The Labute approximate surface area is 217 Å². The molecule has 2 fully saturated rings. The lowest BCUT2D eigenvalue weighted by Gasteiger charge is -2.57. The van der Waals surface area contributed by atoms with Crippen molar-refractivity contribution in [1.29, 1.82) is 5.26 Å². The highest BCUT2D eigenvalue weighted by Gasteiger charge is 2.49. The standard InChI is InChI=1S/C30H32N4O3/c1-37-28-10-3-2-9-25(28)32-30(36)33-15-4-5-16-34-26(19-33)29(27(34)20-35)23-13-11-22(12-14-23)24-8-6-7-21(17-24)18-31/h2-3,6-14,17,26-27,29,35H,4-5,15-16,19-20H2,1H3,(H,32,36)/t26-,27-,29+/m1/s1. The maximum absolute atomic E-state index is 13.3. The SMILES string of the molecule is COc1ccccc1NC(=O)N1CCCCN2[C@H](CO)[C@@H](c3ccc(-c4cccc(C#N)c4)cc3)[C@H]2C1. The first kappa shape index (κ1) is 24.8. The zero-order valence-electron chi connectivity index (χ0n) is 21.0. The number of anilines is 1. The maximum Gasteiger partial charge on any atom is 0.322 e. The van der Waals surface area contributed by atoms with E-state index in [1.54, 1.807) is 13.2 Å². The summed E-state index contributed by atoms with van der Waals surface area (Å²) in [6, 6.07) is 25.7. The summed E-state index contributed by atoms with van der Waals surface area (Å²) >= 11 is 0. The molecule has 2 aliphatic rings. The van der Waals surface area contributed by atoms with E-state index >= 15 is 0 Å². The van der Waals surface area contributed by atoms with Crippen LogP contribution in [-0.4, -0.2) is 66.4 Å². The van der Waals surface area contributed by atoms with E-state index in [1.165, 1.54) is 0 Å². The summed E-state index contributed by atoms with van der Waals surface area (Å²) in [4.78, 5) is 17.5. The lowest BCUT2D eigenvalue weighted by Crippen LogP contribution is -2.68. The molecule has 0 radical (unpaired) electrons. The first-order valence-corrected chi connectivity index (χ1v) is 12.8. The number of urea groups is 1. The molecule has 37 heavy (non-hydrogen) atoms. The average molecular weight is 497 g/mol. The third-order valence-electron chi connectivity index (χ3n) is 7.63. The molecule has 7 nitrogen and oxygen atoms in total. The summed E-state index contributed by atoms with van der Waals surface area (Å²) in [5.74, 6) is 0.760. The molecule has 2 aliphatic heterocycles. The van der Waals surface area contributed by atoms with Gasteiger partial charge in [-0.2, -0.15) is 5.26 Å². The monoisotopic (exact) mass is 496 g/mol. The van der Waals surface area contributed by atoms with Crippen molar-refractivity contribution in [2.45, 2.75) is 30.8 Å². The van der Waals surface area contributed by atoms with Crippen LogP contribution in [0.4, 0.5) is 10.5 Å². The summed E-state index contributed by atoms with van der Waals surface area (Å²) in [6.07, 6.45) is 1.90. The molecule has 0 saturated carbocycles. The molecule has 2 heterocycles. The largest absolute Gasteiger partial charge is 0.495 e. The molecule has 0 bridgehead atoms. The summed E-state index contributed by atoms with van der Waals surface area (Å²) in [6.45, 7) is 2.29. The number of hydrogen-bond donors (Lipinski definition) is 2. The van der Waals surface area contributed by atoms with Gasteiger partial charge in [0.05, 0.1) is 31.0 Å². The van der Waals surface area contributed by atoms with Crippen molar-refractivity contribution in [3.63, 3.8) is 0 Å². The van der Waals surface area contributed by atoms with Crippen LogP contribution in [0.5, 0.6) is 5.75 Å². The second kappa shape index (κ2) is 11.0. The molecule has 3 aromatic rings. The molecule has 3 aromatic carbocycles. The Morgan fingerprint density at radius 3 is 2.59 bits per heavy atom. The van der Waals surface area contributed by atoms with E-state index in [0.717, 1.165) is 36.1 Å². The number of nitrogens with one attached hydrogen (secondary N) is 1. The van der Waals surface area contributed by atoms with Crippen molar-refractivity contribution in [3.8, 4) is 22.9 Å². The Hall–Kier alpha value is -3.86. The van der Waals surface area contributed by atoms with Crippen molar-refractivity contribution >= 4 is 11.7 Å². The van der Waals surface area contributed by atoms with Gasteiger partial charge in [-0.25, -0.2) is 4.79 Å². The van der Waals surface area contributed by atoms with Gasteiger partial charge in [-0.3, -0.25) is 4.90 Å². The number of methoxy groups -OCH3 is 1. The first-order valence-electron chi connectivity index (χ1n) is 12.8. The number of benzene rings is 3. The van der Waals surface area contributed by atoms with Gasteiger partial charge in [-0.1, -0.05) is 48.5 Å². The van der Waals surface area contributed by atoms with E-state index in [4.69, 9.17) is 4.74 Å². The lowest BCUT2D eigenvalue weighted by atomic mass is 9.74. The molecule has 0 aromatic heterocycles. The highest BCUT2D eigenvalue weighted by molar-refractivity contribution is 5.91. The number of carbonyl (C=O) groups is 1. The second-order valence-electron chi connectivity index (χ2n) is 9.68. The molecule has 0 aliphatic carbocycles. The normalized spacial score (nSPS) is 21.5. The minimum Gasteiger partial charge on any atom is -0.495 e. The number of para-hydroxylation sites is 2. The Morgan fingerprint density at radius 1 is 1.05 bits per heavy atom. The van der Waals surface area contributed by atoms with Crippen LogP contribution in [-0.2, 0) is 0 Å². The van der Waals surface area contributed by atoms with Crippen LogP contribution in [0, 0.1) is 11.3 Å². The van der Waals surface area contributed by atoms with Crippen molar-refractivity contribution in [2.24, 2.45) is 0 Å². The van der Waals surface area contributed by atoms with E-state index in [2.05, 4.69) is 40.6 Å². The van der Waals surface area contributed by atoms with E-state index in [9.17, 15) is 15.2 Å². The summed E-state index contributed by atoms with van der Waals surface area (Å²) in [5, 5.41) is 22.5. The molecule has 0 spiro atoms. The predicted molar refractivity (Wildman–Crippen MR) is 144 cm³/mol. The van der Waals surface area contributed by atoms with Crippen molar-refractivity contribution in [2.75, 3.05) is 38.7 Å². The van der Waals surface area contributed by atoms with Crippen LogP contribution < -0.4 is 10.1 Å². The number of hydrogen-bond acceptors (Lipinski definition) is 5. The van der Waals surface area contributed by atoms with Gasteiger partial charge >= 0.3 is 6.03 Å². The van der Waals surface area contributed by atoms with Gasteiger partial charge in [0.15, 0.2) is 0 Å². The fraction of sp³-hybridized carbons (Fsp3) is 0.333. The zero-order valence-corrected chi connectivity index (χ0v) is 21.0. The van der Waals surface area contributed by atoms with Gasteiger partial charge in [0.25, 0.3) is 0 Å². The zero-order chi connectivity index (χ0) is 25.8. The topological polar surface area (TPSA) is 88.8 Å². The third kappa shape index (κ3) is 5.04. The minimum atomic E-state index is -0.134. The summed E-state index contributed by atoms with van der Waals surface area (Å²) in [7, 11) is 1.60. The van der Waals surface area contributed by atoms with E-state index < -0.39 is 0 Å². The smallest absolute Gasteiger partial charge is 0.322 e. The highest BCUT2D eigenvalue weighted by atomic mass is 16.5. The van der Waals surface area contributed by atoms with Crippen LogP contribution in [0.1, 0.15) is 29.9 Å². The fourth-order valence-electron chi connectivity index (χ4n) is 5.73. The Kier molecular flexibility index (Phi) is 7.40. The average Bonchev–Trinajstić information content (AvgIpc) is 2.92. The van der Waals surface area contributed by atoms with Gasteiger partial charge in [-0.05, 0) is 60.3 Å². The van der Waals surface area contributed by atoms with Crippen molar-refractivity contribution < 1.29 is 14.6 Å². The molecule has 7 heteroatoms. The molecule has 2 N–H and O–H groups in total. The predicted octanol–water partition coefficient (Wildman–Crippen LogP) is 4.69. The summed E-state index contributed by atoms with van der Waals surface area (Å²) < 4.78 is 5.40. The van der Waals surface area contributed by atoms with Gasteiger partial charge < -0.3 is 20.1 Å². The quantitative estimate of drug-likeness (QED) is 0.535. The molecule has 2 saturated heterocycles. The van der Waals surface area contributed by atoms with Crippen LogP contribution in [0.3, 0.4) is 0 Å². The number of nitrogens with zero attached hydrogens (tertiary/aromatic N) is 3. The molecular weight excluding hydrogens is 464 g/mol. The number of aliphatic hydroxyl groups is 1. The van der Waals surface area contributed by atoms with Gasteiger partial charge in [0.2, 0.25) is 0 Å². The Morgan fingerprint density at radius 2 is 1.84 bits per heavy atom. The number of ether oxygens (including phenoxy) is 1. The maximum atomic E-state index is 13.3. The number of fused-ring (bicyclic) bond motifs is 1. The minimum absolute atomic E-state index is 0.0370. The number of carbonyl (C=O) groups excluding carboxylic acids is 1. The second-order valence-corrected chi connectivity index (χ2v) is 9.68. The van der Waals surface area contributed by atoms with Gasteiger partial charge in [0.1, 0.15) is 5.75 Å². The van der Waals surface area contributed by atoms with E-state index in [-0.39, 0.29) is 30.6 Å². The summed E-state index contributed by atoms with van der Waals surface area (Å²) in [5.41, 5.74) is 4.50. The van der Waals surface area contributed by atoms with E-state index in [0.29, 0.717) is 30.1 Å². The number of nitriles is 1. The van der Waals surface area contributed by atoms with Crippen molar-refractivity contribution in [3.05, 3.63) is 83.9 Å². The number of amides is 2. The molecular formula is C30H32N4O3. The lowest BCUT2D eigenvalue weighted by molar-refractivity contribution is -0.0585. The van der Waals surface area contributed by atoms with Crippen LogP contribution in [0.25, 0.3) is 11.1 Å². The third-order valence-corrected chi connectivity index (χ3v) is 7.63. The number of rotatable bonds is 5.